The Morgan fingerprint density at radius 3 is 2.65 bits per heavy atom. The summed E-state index contributed by atoms with van der Waals surface area (Å²) in [7, 11) is 0. The van der Waals surface area contributed by atoms with E-state index < -0.39 is 11.0 Å². The van der Waals surface area contributed by atoms with Crippen molar-refractivity contribution >= 4 is 29.0 Å². The van der Waals surface area contributed by atoms with E-state index in [0.717, 1.165) is 11.3 Å². The van der Waals surface area contributed by atoms with Gasteiger partial charge in [-0.1, -0.05) is 23.8 Å². The molecule has 1 aliphatic heterocycles. The van der Waals surface area contributed by atoms with Crippen molar-refractivity contribution in [3.8, 4) is 0 Å². The first-order valence-corrected chi connectivity index (χ1v) is 8.11. The summed E-state index contributed by atoms with van der Waals surface area (Å²) < 4.78 is 0. The van der Waals surface area contributed by atoms with Crippen molar-refractivity contribution in [3.63, 3.8) is 0 Å². The monoisotopic (exact) mass is 354 g/mol. The third-order valence-corrected chi connectivity index (χ3v) is 4.12. The molecule has 2 aromatic carbocycles. The number of carbonyl (C=O) groups is 2. The molecule has 1 saturated heterocycles. The lowest BCUT2D eigenvalue weighted by molar-refractivity contribution is -0.384. The normalized spacial score (nSPS) is 16.4. The highest BCUT2D eigenvalue weighted by Gasteiger charge is 2.31. The van der Waals surface area contributed by atoms with Crippen molar-refractivity contribution in [2.45, 2.75) is 19.4 Å². The van der Waals surface area contributed by atoms with E-state index in [2.05, 4.69) is 10.6 Å². The third-order valence-electron chi connectivity index (χ3n) is 4.12. The molecule has 2 N–H and O–H groups in total. The predicted molar refractivity (Wildman–Crippen MR) is 97.2 cm³/mol. The SMILES string of the molecule is Cc1ccc(N2CC(NC(=O)Nc3cccc([N+](=O)[O-])c3)CC2=O)cc1. The van der Waals surface area contributed by atoms with Gasteiger partial charge in [0.05, 0.1) is 11.0 Å². The van der Waals surface area contributed by atoms with E-state index in [9.17, 15) is 19.7 Å². The number of nitro benzene ring substituents is 1. The minimum Gasteiger partial charge on any atom is -0.333 e. The fourth-order valence-electron chi connectivity index (χ4n) is 2.83. The molecular formula is C18H18N4O4. The van der Waals surface area contributed by atoms with Gasteiger partial charge < -0.3 is 15.5 Å². The molecule has 0 aliphatic carbocycles. The van der Waals surface area contributed by atoms with Gasteiger partial charge in [0.15, 0.2) is 0 Å². The number of amides is 3. The van der Waals surface area contributed by atoms with E-state index in [-0.39, 0.29) is 24.1 Å². The number of hydrogen-bond donors (Lipinski definition) is 2. The van der Waals surface area contributed by atoms with Crippen LogP contribution in [0.2, 0.25) is 0 Å². The summed E-state index contributed by atoms with van der Waals surface area (Å²) in [5.74, 6) is -0.0606. The molecule has 0 aromatic heterocycles. The first-order chi connectivity index (χ1) is 12.4. The molecule has 134 valence electrons. The molecule has 26 heavy (non-hydrogen) atoms. The maximum absolute atomic E-state index is 12.2. The summed E-state index contributed by atoms with van der Waals surface area (Å²) in [4.78, 5) is 36.2. The van der Waals surface area contributed by atoms with E-state index in [4.69, 9.17) is 0 Å². The van der Waals surface area contributed by atoms with E-state index in [1.54, 1.807) is 11.0 Å². The smallest absolute Gasteiger partial charge is 0.319 e. The van der Waals surface area contributed by atoms with Crippen LogP contribution in [0.4, 0.5) is 21.9 Å². The Balaban J connectivity index is 1.60. The first kappa shape index (κ1) is 17.4. The Morgan fingerprint density at radius 2 is 1.96 bits per heavy atom. The minimum absolute atomic E-state index is 0.0606. The van der Waals surface area contributed by atoms with Crippen molar-refractivity contribution in [1.82, 2.24) is 5.32 Å². The van der Waals surface area contributed by atoms with Crippen LogP contribution in [-0.2, 0) is 4.79 Å². The van der Waals surface area contributed by atoms with Crippen molar-refractivity contribution < 1.29 is 14.5 Å². The second-order valence-electron chi connectivity index (χ2n) is 6.15. The second-order valence-corrected chi connectivity index (χ2v) is 6.15. The number of nitrogens with zero attached hydrogens (tertiary/aromatic N) is 2. The largest absolute Gasteiger partial charge is 0.333 e. The van der Waals surface area contributed by atoms with E-state index in [0.29, 0.717) is 12.2 Å². The van der Waals surface area contributed by atoms with Gasteiger partial charge in [0, 0.05) is 36.5 Å². The number of urea groups is 1. The molecule has 0 spiro atoms. The van der Waals surface area contributed by atoms with Gasteiger partial charge >= 0.3 is 6.03 Å². The van der Waals surface area contributed by atoms with E-state index in [1.165, 1.54) is 18.2 Å². The first-order valence-electron chi connectivity index (χ1n) is 8.11. The second kappa shape index (κ2) is 7.22. The third kappa shape index (κ3) is 3.97. The van der Waals surface area contributed by atoms with Crippen molar-refractivity contribution in [3.05, 3.63) is 64.2 Å². The topological polar surface area (TPSA) is 105 Å². The highest BCUT2D eigenvalue weighted by Crippen LogP contribution is 2.22. The zero-order valence-electron chi connectivity index (χ0n) is 14.1. The van der Waals surface area contributed by atoms with Gasteiger partial charge in [0.1, 0.15) is 0 Å². The number of benzene rings is 2. The number of non-ortho nitro benzene ring substituents is 1. The Hall–Kier alpha value is -3.42. The van der Waals surface area contributed by atoms with Crippen LogP contribution in [0, 0.1) is 17.0 Å². The summed E-state index contributed by atoms with van der Waals surface area (Å²) >= 11 is 0. The Bertz CT molecular complexity index is 851. The number of nitrogens with one attached hydrogen (secondary N) is 2. The molecule has 1 atom stereocenters. The van der Waals surface area contributed by atoms with Crippen LogP contribution in [-0.4, -0.2) is 29.4 Å². The van der Waals surface area contributed by atoms with Gasteiger partial charge in [0.25, 0.3) is 5.69 Å². The fourth-order valence-corrected chi connectivity index (χ4v) is 2.83. The highest BCUT2D eigenvalue weighted by molar-refractivity contribution is 5.97. The van der Waals surface area contributed by atoms with Crippen LogP contribution in [0.1, 0.15) is 12.0 Å². The number of aryl methyl sites for hydroxylation is 1. The molecule has 8 heteroatoms. The minimum atomic E-state index is -0.530. The lowest BCUT2D eigenvalue weighted by Crippen LogP contribution is -2.39. The van der Waals surface area contributed by atoms with Gasteiger partial charge in [-0.25, -0.2) is 4.79 Å². The molecule has 2 aromatic rings. The maximum Gasteiger partial charge on any atom is 0.319 e. The summed E-state index contributed by atoms with van der Waals surface area (Å²) in [5, 5.41) is 16.1. The number of carbonyl (C=O) groups excluding carboxylic acids is 2. The summed E-state index contributed by atoms with van der Waals surface area (Å²) in [6.07, 6.45) is 0.205. The number of anilines is 2. The molecule has 0 saturated carbocycles. The summed E-state index contributed by atoms with van der Waals surface area (Å²) in [6.45, 7) is 2.35. The number of nitro groups is 1. The Labute approximate surface area is 150 Å². The van der Waals surface area contributed by atoms with Gasteiger partial charge in [-0.2, -0.15) is 0 Å². The van der Waals surface area contributed by atoms with Crippen LogP contribution >= 0.6 is 0 Å². The molecule has 0 radical (unpaired) electrons. The average molecular weight is 354 g/mol. The zero-order chi connectivity index (χ0) is 18.7. The Morgan fingerprint density at radius 1 is 1.23 bits per heavy atom. The van der Waals surface area contributed by atoms with Crippen LogP contribution in [0.25, 0.3) is 0 Å². The maximum atomic E-state index is 12.2. The van der Waals surface area contributed by atoms with Gasteiger partial charge in [-0.15, -0.1) is 0 Å². The lowest BCUT2D eigenvalue weighted by Gasteiger charge is -2.17. The van der Waals surface area contributed by atoms with Crippen LogP contribution in [0.5, 0.6) is 0 Å². The molecule has 8 nitrogen and oxygen atoms in total. The van der Waals surface area contributed by atoms with Crippen LogP contribution in [0.15, 0.2) is 48.5 Å². The molecule has 3 rings (SSSR count). The van der Waals surface area contributed by atoms with Crippen LogP contribution in [0.3, 0.4) is 0 Å². The molecule has 1 heterocycles. The lowest BCUT2D eigenvalue weighted by atomic mass is 10.2. The van der Waals surface area contributed by atoms with Gasteiger partial charge in [-0.05, 0) is 25.1 Å². The van der Waals surface area contributed by atoms with Crippen molar-refractivity contribution in [2.24, 2.45) is 0 Å². The molecule has 1 aliphatic rings. The molecule has 0 bridgehead atoms. The highest BCUT2D eigenvalue weighted by atomic mass is 16.6. The summed E-state index contributed by atoms with van der Waals surface area (Å²) in [5.41, 5.74) is 2.11. The molecule has 1 unspecified atom stereocenters. The fraction of sp³-hybridized carbons (Fsp3) is 0.222. The summed E-state index contributed by atoms with van der Waals surface area (Å²) in [6, 6.07) is 12.4. The quantitative estimate of drug-likeness (QED) is 0.650. The van der Waals surface area contributed by atoms with Gasteiger partial charge in [0.2, 0.25) is 5.91 Å². The van der Waals surface area contributed by atoms with Gasteiger partial charge in [-0.3, -0.25) is 14.9 Å². The van der Waals surface area contributed by atoms with E-state index >= 15 is 0 Å². The van der Waals surface area contributed by atoms with Crippen molar-refractivity contribution in [1.29, 1.82) is 0 Å². The zero-order valence-corrected chi connectivity index (χ0v) is 14.1. The molecule has 3 amide bonds. The van der Waals surface area contributed by atoms with Crippen molar-refractivity contribution in [2.75, 3.05) is 16.8 Å². The number of rotatable bonds is 4. The molecule has 1 fully saturated rings. The van der Waals surface area contributed by atoms with Crippen LogP contribution < -0.4 is 15.5 Å². The predicted octanol–water partition coefficient (Wildman–Crippen LogP) is 2.83. The average Bonchev–Trinajstić information content (AvgIpc) is 2.95. The molecular weight excluding hydrogens is 336 g/mol. The Kier molecular flexibility index (Phi) is 4.83. The number of hydrogen-bond acceptors (Lipinski definition) is 4. The van der Waals surface area contributed by atoms with E-state index in [1.807, 2.05) is 31.2 Å². The standard InChI is InChI=1S/C18H18N4O4/c1-12-5-7-15(8-6-12)21-11-14(10-17(21)23)20-18(24)19-13-3-2-4-16(9-13)22(25)26/h2-9,14H,10-11H2,1H3,(H2,19,20,24).